The molecule has 3 fully saturated rings. The third-order valence-electron chi connectivity index (χ3n) is 9.66. The Balaban J connectivity index is 1.51. The molecule has 2 amide bonds. The Morgan fingerprint density at radius 3 is 2.48 bits per heavy atom. The molecule has 2 unspecified atom stereocenters. The summed E-state index contributed by atoms with van der Waals surface area (Å²) in [6.07, 6.45) is -3.00. The molecule has 0 N–H and O–H groups in total. The number of rotatable bonds is 4. The zero-order valence-electron chi connectivity index (χ0n) is 26.0. The molecular formula is C32H37ClF4N6O3. The summed E-state index contributed by atoms with van der Waals surface area (Å²) < 4.78 is 64.4. The summed E-state index contributed by atoms with van der Waals surface area (Å²) in [7, 11) is 2.07. The van der Waals surface area contributed by atoms with Gasteiger partial charge in [0.15, 0.2) is 5.75 Å². The molecule has 4 aliphatic rings. The number of amides is 2. The van der Waals surface area contributed by atoms with Crippen molar-refractivity contribution in [3.05, 3.63) is 52.8 Å². The van der Waals surface area contributed by atoms with E-state index in [1.807, 2.05) is 18.7 Å². The Labute approximate surface area is 270 Å². The third-order valence-corrected chi connectivity index (χ3v) is 10.0. The first-order valence-electron chi connectivity index (χ1n) is 15.4. The Hall–Kier alpha value is -3.42. The van der Waals surface area contributed by atoms with Crippen LogP contribution in [0, 0.1) is 5.82 Å². The first-order valence-corrected chi connectivity index (χ1v) is 15.7. The number of hydrogen-bond donors (Lipinski definition) is 0. The van der Waals surface area contributed by atoms with Gasteiger partial charge in [0.05, 0.1) is 17.3 Å². The van der Waals surface area contributed by atoms with E-state index in [-0.39, 0.29) is 60.3 Å². The van der Waals surface area contributed by atoms with Crippen molar-refractivity contribution in [2.45, 2.75) is 44.1 Å². The summed E-state index contributed by atoms with van der Waals surface area (Å²) in [5.74, 6) is -1.94. The summed E-state index contributed by atoms with van der Waals surface area (Å²) >= 11 is 6.80. The van der Waals surface area contributed by atoms with Gasteiger partial charge in [-0.3, -0.25) is 14.5 Å². The Kier molecular flexibility index (Phi) is 8.47. The molecule has 2 aromatic rings. The highest BCUT2D eigenvalue weighted by atomic mass is 35.5. The fourth-order valence-electron chi connectivity index (χ4n) is 7.15. The SMILES string of the molecule is C=CC(=O)N1CCN2C(=O)c3c(N4CC(N5CCN(C)CC5)CC4(C)C)nc(-c4c(F)cccc4C(F)(F)F)c(Cl)c3OCC2C1. The van der Waals surface area contributed by atoms with Crippen LogP contribution < -0.4 is 9.64 Å². The van der Waals surface area contributed by atoms with Crippen molar-refractivity contribution >= 4 is 29.2 Å². The molecule has 5 heterocycles. The minimum atomic E-state index is -4.91. The van der Waals surface area contributed by atoms with Crippen LogP contribution in [0.1, 0.15) is 36.2 Å². The van der Waals surface area contributed by atoms with Gasteiger partial charge in [-0.15, -0.1) is 0 Å². The number of hydrogen-bond acceptors (Lipinski definition) is 7. The van der Waals surface area contributed by atoms with E-state index in [0.717, 1.165) is 44.4 Å². The maximum atomic E-state index is 15.4. The van der Waals surface area contributed by atoms with Crippen LogP contribution >= 0.6 is 11.6 Å². The average Bonchev–Trinajstić information content (AvgIpc) is 3.25. The number of piperazine rings is 2. The molecule has 0 aliphatic carbocycles. The van der Waals surface area contributed by atoms with Crippen molar-refractivity contribution in [2.75, 3.05) is 70.9 Å². The summed E-state index contributed by atoms with van der Waals surface area (Å²) in [5.41, 5.74) is -3.05. The lowest BCUT2D eigenvalue weighted by atomic mass is 9.98. The van der Waals surface area contributed by atoms with Gasteiger partial charge in [0.25, 0.3) is 5.91 Å². The van der Waals surface area contributed by atoms with Crippen LogP contribution in [0.3, 0.4) is 0 Å². The second-order valence-electron chi connectivity index (χ2n) is 13.0. The average molecular weight is 665 g/mol. The highest BCUT2D eigenvalue weighted by Gasteiger charge is 2.47. The van der Waals surface area contributed by atoms with Crippen molar-refractivity contribution in [1.82, 2.24) is 24.6 Å². The van der Waals surface area contributed by atoms with E-state index in [1.165, 1.54) is 6.08 Å². The zero-order chi connectivity index (χ0) is 33.1. The minimum absolute atomic E-state index is 0.0248. The van der Waals surface area contributed by atoms with E-state index in [9.17, 15) is 22.8 Å². The Morgan fingerprint density at radius 2 is 1.80 bits per heavy atom. The van der Waals surface area contributed by atoms with Crippen LogP contribution in [0.2, 0.25) is 5.02 Å². The number of aromatic nitrogens is 1. The molecule has 4 aliphatic heterocycles. The van der Waals surface area contributed by atoms with E-state index >= 15 is 4.39 Å². The van der Waals surface area contributed by atoms with Crippen LogP contribution in [0.4, 0.5) is 23.4 Å². The quantitative estimate of drug-likeness (QED) is 0.355. The maximum Gasteiger partial charge on any atom is 0.417 e. The zero-order valence-corrected chi connectivity index (χ0v) is 26.8. The molecule has 2 atom stereocenters. The minimum Gasteiger partial charge on any atom is -0.489 e. The summed E-state index contributed by atoms with van der Waals surface area (Å²) in [6.45, 7) is 12.0. The van der Waals surface area contributed by atoms with Crippen LogP contribution in [0.15, 0.2) is 30.9 Å². The predicted octanol–water partition coefficient (Wildman–Crippen LogP) is 4.40. The van der Waals surface area contributed by atoms with Gasteiger partial charge in [-0.1, -0.05) is 24.2 Å². The molecule has 6 rings (SSSR count). The van der Waals surface area contributed by atoms with Crippen molar-refractivity contribution in [3.8, 4) is 17.0 Å². The number of benzene rings is 1. The molecule has 46 heavy (non-hydrogen) atoms. The van der Waals surface area contributed by atoms with E-state index in [1.54, 1.807) is 9.80 Å². The molecule has 0 saturated carbocycles. The van der Waals surface area contributed by atoms with Crippen LogP contribution in [-0.4, -0.2) is 120 Å². The predicted molar refractivity (Wildman–Crippen MR) is 166 cm³/mol. The van der Waals surface area contributed by atoms with E-state index in [2.05, 4.69) is 28.4 Å². The van der Waals surface area contributed by atoms with Gasteiger partial charge in [0.1, 0.15) is 28.8 Å². The number of likely N-dealkylation sites (N-methyl/N-ethyl adjacent to an activating group) is 1. The second kappa shape index (κ2) is 12.0. The van der Waals surface area contributed by atoms with Crippen LogP contribution in [-0.2, 0) is 11.0 Å². The molecule has 1 aromatic heterocycles. The number of alkyl halides is 3. The molecule has 9 nitrogen and oxygen atoms in total. The molecule has 0 radical (unpaired) electrons. The van der Waals surface area contributed by atoms with Gasteiger partial charge < -0.3 is 24.3 Å². The first kappa shape index (κ1) is 32.5. The largest absolute Gasteiger partial charge is 0.489 e. The van der Waals surface area contributed by atoms with Gasteiger partial charge in [-0.25, -0.2) is 9.37 Å². The molecule has 14 heteroatoms. The second-order valence-corrected chi connectivity index (χ2v) is 13.4. The van der Waals surface area contributed by atoms with Gasteiger partial charge in [0, 0.05) is 69.5 Å². The number of pyridine rings is 1. The molecule has 248 valence electrons. The molecular weight excluding hydrogens is 628 g/mol. The first-order chi connectivity index (χ1) is 21.7. The molecule has 1 aromatic carbocycles. The number of halogens is 5. The van der Waals surface area contributed by atoms with Crippen molar-refractivity contribution < 1.29 is 31.9 Å². The van der Waals surface area contributed by atoms with E-state index < -0.39 is 46.3 Å². The summed E-state index contributed by atoms with van der Waals surface area (Å²) in [6, 6.07) is 2.21. The molecule has 0 spiro atoms. The van der Waals surface area contributed by atoms with Gasteiger partial charge in [-0.05, 0) is 45.5 Å². The number of fused-ring (bicyclic) bond motifs is 2. The number of ether oxygens (including phenoxy) is 1. The van der Waals surface area contributed by atoms with E-state index in [4.69, 9.17) is 16.3 Å². The highest BCUT2D eigenvalue weighted by molar-refractivity contribution is 6.35. The molecule has 3 saturated heterocycles. The monoisotopic (exact) mass is 664 g/mol. The van der Waals surface area contributed by atoms with E-state index in [0.29, 0.717) is 13.0 Å². The lowest BCUT2D eigenvalue weighted by Crippen LogP contribution is -2.57. The fraction of sp³-hybridized carbons (Fsp3) is 0.531. The van der Waals surface area contributed by atoms with Crippen LogP contribution in [0.5, 0.6) is 5.75 Å². The summed E-state index contributed by atoms with van der Waals surface area (Å²) in [5, 5.41) is -0.380. The Morgan fingerprint density at radius 1 is 1.09 bits per heavy atom. The third kappa shape index (κ3) is 5.70. The highest BCUT2D eigenvalue weighted by Crippen LogP contribution is 2.49. The number of carbonyl (C=O) groups excluding carboxylic acids is 2. The normalized spacial score (nSPS) is 23.9. The molecule has 0 bridgehead atoms. The maximum absolute atomic E-state index is 15.4. The van der Waals surface area contributed by atoms with Gasteiger partial charge >= 0.3 is 6.18 Å². The lowest BCUT2D eigenvalue weighted by molar-refractivity contribution is -0.137. The van der Waals surface area contributed by atoms with Gasteiger partial charge in [-0.2, -0.15) is 13.2 Å². The lowest BCUT2D eigenvalue weighted by Gasteiger charge is -2.40. The fourth-order valence-corrected chi connectivity index (χ4v) is 7.44. The summed E-state index contributed by atoms with van der Waals surface area (Å²) in [4.78, 5) is 41.2. The standard InChI is InChI=1S/C32H37ClF4N6O3/c1-5-23(44)41-13-14-42-20(16-41)18-46-28-25(30(42)45)29(43-17-19(15-31(43,2)3)40-11-9-39(4)10-12-40)38-27(26(28)33)24-21(32(35,36)37)7-6-8-22(24)34/h5-8,19-20H,1,9-18H2,2-4H3. The number of carbonyl (C=O) groups is 2. The number of anilines is 1. The van der Waals surface area contributed by atoms with Crippen molar-refractivity contribution in [3.63, 3.8) is 0 Å². The topological polar surface area (TPSA) is 72.5 Å². The van der Waals surface area contributed by atoms with Gasteiger partial charge in [0.2, 0.25) is 5.91 Å². The smallest absolute Gasteiger partial charge is 0.417 e. The number of nitrogens with zero attached hydrogens (tertiary/aromatic N) is 6. The van der Waals surface area contributed by atoms with Crippen LogP contribution in [0.25, 0.3) is 11.3 Å². The Bertz CT molecular complexity index is 1560. The van der Waals surface area contributed by atoms with Crippen molar-refractivity contribution in [1.29, 1.82) is 0 Å². The van der Waals surface area contributed by atoms with Crippen molar-refractivity contribution in [2.24, 2.45) is 0 Å².